The fourth-order valence-corrected chi connectivity index (χ4v) is 3.46. The summed E-state index contributed by atoms with van der Waals surface area (Å²) in [7, 11) is -3.72. The molecule has 3 aromatic rings. The van der Waals surface area contributed by atoms with E-state index < -0.39 is 10.0 Å². The van der Waals surface area contributed by atoms with Gasteiger partial charge in [0.25, 0.3) is 10.0 Å². The van der Waals surface area contributed by atoms with Gasteiger partial charge in [-0.15, -0.1) is 0 Å². The molecule has 0 unspecified atom stereocenters. The van der Waals surface area contributed by atoms with E-state index in [1.807, 2.05) is 68.4 Å². The van der Waals surface area contributed by atoms with E-state index in [1.54, 1.807) is 24.3 Å². The third-order valence-electron chi connectivity index (χ3n) is 4.23. The molecule has 0 fully saturated rings. The Hall–Kier alpha value is -2.92. The van der Waals surface area contributed by atoms with Crippen molar-refractivity contribution in [2.24, 2.45) is 5.10 Å². The van der Waals surface area contributed by atoms with Crippen LogP contribution in [0.15, 0.2) is 88.9 Å². The molecule has 5 heteroatoms. The highest BCUT2D eigenvalue weighted by Crippen LogP contribution is 2.13. The lowest BCUT2D eigenvalue weighted by atomic mass is 10.0. The maximum Gasteiger partial charge on any atom is 0.276 e. The van der Waals surface area contributed by atoms with Crippen molar-refractivity contribution in [3.05, 3.63) is 101 Å². The molecule has 0 saturated heterocycles. The molecule has 0 aliphatic carbocycles. The summed E-state index contributed by atoms with van der Waals surface area (Å²) in [5, 5.41) is 4.27. The zero-order valence-corrected chi connectivity index (χ0v) is 16.2. The SMILES string of the molecule is Cc1ccc(/C(Cc2ccccc2)=N/NS(=O)(=O)c2ccc(C)cc2)cc1. The molecule has 0 heterocycles. The second-order valence-electron chi connectivity index (χ2n) is 6.49. The lowest BCUT2D eigenvalue weighted by Crippen LogP contribution is -2.21. The summed E-state index contributed by atoms with van der Waals surface area (Å²) in [6.07, 6.45) is 0.528. The first-order chi connectivity index (χ1) is 12.9. The zero-order valence-electron chi connectivity index (χ0n) is 15.4. The van der Waals surface area contributed by atoms with Gasteiger partial charge < -0.3 is 0 Å². The van der Waals surface area contributed by atoms with E-state index in [0.717, 1.165) is 22.3 Å². The molecule has 0 spiro atoms. The number of hydrazone groups is 1. The highest BCUT2D eigenvalue weighted by molar-refractivity contribution is 7.89. The van der Waals surface area contributed by atoms with Crippen LogP contribution in [-0.2, 0) is 16.4 Å². The van der Waals surface area contributed by atoms with Crippen LogP contribution in [0.25, 0.3) is 0 Å². The molecule has 0 radical (unpaired) electrons. The summed E-state index contributed by atoms with van der Waals surface area (Å²) in [6, 6.07) is 24.4. The molecule has 138 valence electrons. The molecular formula is C22H22N2O2S. The van der Waals surface area contributed by atoms with Crippen LogP contribution in [-0.4, -0.2) is 14.1 Å². The standard InChI is InChI=1S/C22H22N2O2S/c1-17-8-12-20(13-9-17)22(16-19-6-4-3-5-7-19)23-24-27(25,26)21-14-10-18(2)11-15-21/h3-15,24H,16H2,1-2H3/b23-22+. The number of aryl methyl sites for hydroxylation is 2. The number of benzene rings is 3. The predicted octanol–water partition coefficient (Wildman–Crippen LogP) is 4.23. The minimum Gasteiger partial charge on any atom is -0.200 e. The zero-order chi connectivity index (χ0) is 19.3. The van der Waals surface area contributed by atoms with Gasteiger partial charge in [-0.25, -0.2) is 0 Å². The number of hydrogen-bond acceptors (Lipinski definition) is 3. The number of nitrogens with one attached hydrogen (secondary N) is 1. The maximum atomic E-state index is 12.6. The molecule has 1 N–H and O–H groups in total. The van der Waals surface area contributed by atoms with Gasteiger partial charge in [-0.1, -0.05) is 77.9 Å². The van der Waals surface area contributed by atoms with Gasteiger partial charge in [-0.2, -0.15) is 18.4 Å². The van der Waals surface area contributed by atoms with E-state index in [1.165, 1.54) is 0 Å². The van der Waals surface area contributed by atoms with Gasteiger partial charge >= 0.3 is 0 Å². The first-order valence-electron chi connectivity index (χ1n) is 8.70. The number of hydrogen-bond donors (Lipinski definition) is 1. The Labute approximate surface area is 160 Å². The molecule has 3 aromatic carbocycles. The highest BCUT2D eigenvalue weighted by atomic mass is 32.2. The van der Waals surface area contributed by atoms with Crippen LogP contribution >= 0.6 is 0 Å². The third-order valence-corrected chi connectivity index (χ3v) is 5.46. The van der Waals surface area contributed by atoms with Crippen molar-refractivity contribution in [3.8, 4) is 0 Å². The summed E-state index contributed by atoms with van der Waals surface area (Å²) < 4.78 is 25.1. The molecule has 4 nitrogen and oxygen atoms in total. The van der Waals surface area contributed by atoms with Gasteiger partial charge in [-0.3, -0.25) is 0 Å². The summed E-state index contributed by atoms with van der Waals surface area (Å²) in [6.45, 7) is 3.93. The van der Waals surface area contributed by atoms with E-state index in [0.29, 0.717) is 12.1 Å². The number of sulfonamides is 1. The van der Waals surface area contributed by atoms with Gasteiger partial charge in [0, 0.05) is 6.42 Å². The molecular weight excluding hydrogens is 356 g/mol. The van der Waals surface area contributed by atoms with Crippen molar-refractivity contribution in [2.75, 3.05) is 0 Å². The van der Waals surface area contributed by atoms with Gasteiger partial charge in [0.05, 0.1) is 10.6 Å². The molecule has 0 aliphatic heterocycles. The van der Waals surface area contributed by atoms with E-state index in [4.69, 9.17) is 0 Å². The van der Waals surface area contributed by atoms with Crippen molar-refractivity contribution in [3.63, 3.8) is 0 Å². The predicted molar refractivity (Wildman–Crippen MR) is 109 cm³/mol. The van der Waals surface area contributed by atoms with E-state index in [-0.39, 0.29) is 4.90 Å². The Morgan fingerprint density at radius 3 is 1.96 bits per heavy atom. The first kappa shape index (κ1) is 18.9. The van der Waals surface area contributed by atoms with Gasteiger partial charge in [0.2, 0.25) is 0 Å². The fraction of sp³-hybridized carbons (Fsp3) is 0.136. The molecule has 0 aliphatic rings. The Morgan fingerprint density at radius 2 is 1.37 bits per heavy atom. The van der Waals surface area contributed by atoms with E-state index >= 15 is 0 Å². The van der Waals surface area contributed by atoms with Crippen LogP contribution in [0.5, 0.6) is 0 Å². The molecule has 3 rings (SSSR count). The monoisotopic (exact) mass is 378 g/mol. The van der Waals surface area contributed by atoms with Crippen LogP contribution in [0.2, 0.25) is 0 Å². The Balaban J connectivity index is 1.91. The van der Waals surface area contributed by atoms with Crippen LogP contribution in [0.4, 0.5) is 0 Å². The molecule has 0 saturated carbocycles. The van der Waals surface area contributed by atoms with Crippen molar-refractivity contribution < 1.29 is 8.42 Å². The summed E-state index contributed by atoms with van der Waals surface area (Å²) >= 11 is 0. The largest absolute Gasteiger partial charge is 0.276 e. The topological polar surface area (TPSA) is 58.5 Å². The Bertz CT molecular complexity index is 1020. The van der Waals surface area contributed by atoms with Crippen LogP contribution in [0, 0.1) is 13.8 Å². The van der Waals surface area contributed by atoms with E-state index in [9.17, 15) is 8.42 Å². The summed E-state index contributed by atoms with van der Waals surface area (Å²) in [5.74, 6) is 0. The van der Waals surface area contributed by atoms with Crippen LogP contribution < -0.4 is 4.83 Å². The quantitative estimate of drug-likeness (QED) is 0.515. The van der Waals surface area contributed by atoms with Crippen molar-refractivity contribution in [2.45, 2.75) is 25.2 Å². The number of rotatable bonds is 6. The summed E-state index contributed by atoms with van der Waals surface area (Å²) in [4.78, 5) is 2.58. The first-order valence-corrected chi connectivity index (χ1v) is 10.2. The van der Waals surface area contributed by atoms with Crippen LogP contribution in [0.1, 0.15) is 22.3 Å². The van der Waals surface area contributed by atoms with Crippen molar-refractivity contribution in [1.29, 1.82) is 0 Å². The lowest BCUT2D eigenvalue weighted by Gasteiger charge is -2.10. The van der Waals surface area contributed by atoms with Crippen molar-refractivity contribution >= 4 is 15.7 Å². The van der Waals surface area contributed by atoms with Crippen molar-refractivity contribution in [1.82, 2.24) is 4.83 Å². The maximum absolute atomic E-state index is 12.6. The minimum atomic E-state index is -3.72. The van der Waals surface area contributed by atoms with Gasteiger partial charge in [-0.05, 0) is 37.1 Å². The smallest absolute Gasteiger partial charge is 0.200 e. The van der Waals surface area contributed by atoms with E-state index in [2.05, 4.69) is 9.93 Å². The molecule has 27 heavy (non-hydrogen) atoms. The molecule has 0 bridgehead atoms. The van der Waals surface area contributed by atoms with Crippen LogP contribution in [0.3, 0.4) is 0 Å². The summed E-state index contributed by atoms with van der Waals surface area (Å²) in [5.41, 5.74) is 4.75. The second kappa shape index (κ2) is 8.18. The molecule has 0 atom stereocenters. The minimum absolute atomic E-state index is 0.194. The molecule has 0 aromatic heterocycles. The second-order valence-corrected chi connectivity index (χ2v) is 8.16. The number of nitrogens with zero attached hydrogens (tertiary/aromatic N) is 1. The average Bonchev–Trinajstić information content (AvgIpc) is 2.67. The average molecular weight is 378 g/mol. The molecule has 0 amide bonds. The fourth-order valence-electron chi connectivity index (χ4n) is 2.63. The Morgan fingerprint density at radius 1 is 0.815 bits per heavy atom. The van der Waals surface area contributed by atoms with Gasteiger partial charge in [0.1, 0.15) is 0 Å². The highest BCUT2D eigenvalue weighted by Gasteiger charge is 2.14. The van der Waals surface area contributed by atoms with Gasteiger partial charge in [0.15, 0.2) is 0 Å². The Kier molecular flexibility index (Phi) is 5.72. The normalized spacial score (nSPS) is 12.0. The lowest BCUT2D eigenvalue weighted by molar-refractivity contribution is 0.584. The third kappa shape index (κ3) is 5.05.